The Morgan fingerprint density at radius 3 is 3.11 bits per heavy atom. The molecule has 0 bridgehead atoms. The average Bonchev–Trinajstić information content (AvgIpc) is 2.98. The van der Waals surface area contributed by atoms with Gasteiger partial charge in [-0.1, -0.05) is 6.07 Å². The van der Waals surface area contributed by atoms with Crippen LogP contribution in [0.1, 0.15) is 18.5 Å². The molecule has 1 atom stereocenters. The zero-order chi connectivity index (χ0) is 13.7. The highest BCUT2D eigenvalue weighted by Crippen LogP contribution is 2.13. The molecule has 0 aromatic carbocycles. The molecular formula is C12H15N5O2. The maximum Gasteiger partial charge on any atom is 0.244 e. The summed E-state index contributed by atoms with van der Waals surface area (Å²) in [6, 6.07) is 3.24. The molecule has 0 saturated carbocycles. The van der Waals surface area contributed by atoms with Gasteiger partial charge in [0, 0.05) is 18.3 Å². The van der Waals surface area contributed by atoms with Gasteiger partial charge in [-0.2, -0.15) is 5.10 Å². The number of aromatic nitrogens is 4. The van der Waals surface area contributed by atoms with Crippen molar-refractivity contribution in [3.05, 3.63) is 36.5 Å². The first kappa shape index (κ1) is 13.0. The van der Waals surface area contributed by atoms with Crippen LogP contribution < -0.4 is 10.1 Å². The van der Waals surface area contributed by atoms with E-state index < -0.39 is 6.04 Å². The number of pyridine rings is 1. The van der Waals surface area contributed by atoms with Crippen LogP contribution in [-0.2, 0) is 11.3 Å². The molecule has 2 heterocycles. The molecule has 2 rings (SSSR count). The zero-order valence-electron chi connectivity index (χ0n) is 10.8. The van der Waals surface area contributed by atoms with Crippen LogP contribution >= 0.6 is 0 Å². The van der Waals surface area contributed by atoms with Gasteiger partial charge in [0.1, 0.15) is 18.7 Å². The minimum atomic E-state index is -0.412. The molecule has 7 nitrogen and oxygen atoms in total. The van der Waals surface area contributed by atoms with Crippen molar-refractivity contribution >= 4 is 5.91 Å². The van der Waals surface area contributed by atoms with E-state index in [4.69, 9.17) is 4.74 Å². The topological polar surface area (TPSA) is 81.9 Å². The van der Waals surface area contributed by atoms with Crippen LogP contribution in [0.25, 0.3) is 0 Å². The molecule has 100 valence electrons. The summed E-state index contributed by atoms with van der Waals surface area (Å²) in [4.78, 5) is 19.8. The van der Waals surface area contributed by atoms with E-state index in [9.17, 15) is 4.79 Å². The Labute approximate surface area is 110 Å². The normalized spacial score (nSPS) is 11.9. The maximum absolute atomic E-state index is 12.0. The molecule has 0 fully saturated rings. The average molecular weight is 261 g/mol. The number of rotatable bonds is 5. The Kier molecular flexibility index (Phi) is 4.07. The molecule has 0 radical (unpaired) electrons. The Morgan fingerprint density at radius 1 is 1.58 bits per heavy atom. The third-order valence-corrected chi connectivity index (χ3v) is 2.71. The van der Waals surface area contributed by atoms with Gasteiger partial charge >= 0.3 is 0 Å². The fraction of sp³-hybridized carbons (Fsp3) is 0.333. The van der Waals surface area contributed by atoms with Crippen molar-refractivity contribution < 1.29 is 9.53 Å². The van der Waals surface area contributed by atoms with Gasteiger partial charge in [0.2, 0.25) is 11.8 Å². The van der Waals surface area contributed by atoms with Crippen LogP contribution in [0.3, 0.4) is 0 Å². The van der Waals surface area contributed by atoms with E-state index >= 15 is 0 Å². The van der Waals surface area contributed by atoms with Crippen molar-refractivity contribution in [3.8, 4) is 5.88 Å². The number of amides is 1. The number of nitrogens with one attached hydrogen (secondary N) is 1. The minimum absolute atomic E-state index is 0.142. The minimum Gasteiger partial charge on any atom is -0.481 e. The van der Waals surface area contributed by atoms with Crippen molar-refractivity contribution in [3.63, 3.8) is 0 Å². The molecule has 0 unspecified atom stereocenters. The van der Waals surface area contributed by atoms with Crippen LogP contribution in [0, 0.1) is 0 Å². The zero-order valence-corrected chi connectivity index (χ0v) is 10.8. The highest BCUT2D eigenvalue weighted by Gasteiger charge is 2.15. The number of methoxy groups -OCH3 is 1. The van der Waals surface area contributed by atoms with Gasteiger partial charge < -0.3 is 10.1 Å². The van der Waals surface area contributed by atoms with Crippen LogP contribution in [0.15, 0.2) is 31.0 Å². The molecular weight excluding hydrogens is 246 g/mol. The molecule has 19 heavy (non-hydrogen) atoms. The van der Waals surface area contributed by atoms with Gasteiger partial charge in [-0.25, -0.2) is 14.6 Å². The Morgan fingerprint density at radius 2 is 2.42 bits per heavy atom. The second-order valence-electron chi connectivity index (χ2n) is 3.94. The predicted octanol–water partition coefficient (Wildman–Crippen LogP) is 0.559. The summed E-state index contributed by atoms with van der Waals surface area (Å²) >= 11 is 0. The standard InChI is InChI=1S/C12H15N5O2/c1-9(17-8-13-7-16-17)11(18)15-6-10-4-3-5-14-12(10)19-2/h3-5,7-9H,6H2,1-2H3,(H,15,18)/t9-/m1/s1. The van der Waals surface area contributed by atoms with Crippen LogP contribution in [-0.4, -0.2) is 32.8 Å². The number of nitrogens with zero attached hydrogens (tertiary/aromatic N) is 4. The Bertz CT molecular complexity index is 541. The lowest BCUT2D eigenvalue weighted by Crippen LogP contribution is -2.31. The third-order valence-electron chi connectivity index (χ3n) is 2.71. The van der Waals surface area contributed by atoms with E-state index in [1.807, 2.05) is 6.07 Å². The Hall–Kier alpha value is -2.44. The van der Waals surface area contributed by atoms with Gasteiger partial charge in [-0.15, -0.1) is 0 Å². The van der Waals surface area contributed by atoms with Crippen LogP contribution in [0.2, 0.25) is 0 Å². The smallest absolute Gasteiger partial charge is 0.244 e. The second kappa shape index (κ2) is 5.94. The predicted molar refractivity (Wildman–Crippen MR) is 67.4 cm³/mol. The molecule has 0 aliphatic rings. The molecule has 2 aromatic heterocycles. The van der Waals surface area contributed by atoms with Crippen molar-refractivity contribution in [2.45, 2.75) is 19.5 Å². The molecule has 0 aliphatic heterocycles. The van der Waals surface area contributed by atoms with Crippen LogP contribution in [0.4, 0.5) is 0 Å². The van der Waals surface area contributed by atoms with E-state index in [2.05, 4.69) is 20.4 Å². The summed E-state index contributed by atoms with van der Waals surface area (Å²) in [5, 5.41) is 6.75. The molecule has 0 saturated heterocycles. The lowest BCUT2D eigenvalue weighted by atomic mass is 10.2. The quantitative estimate of drug-likeness (QED) is 0.850. The summed E-state index contributed by atoms with van der Waals surface area (Å²) in [5.74, 6) is 0.368. The number of carbonyl (C=O) groups is 1. The number of carbonyl (C=O) groups excluding carboxylic acids is 1. The Balaban J connectivity index is 1.97. The number of hydrogen-bond donors (Lipinski definition) is 1. The highest BCUT2D eigenvalue weighted by molar-refractivity contribution is 5.79. The largest absolute Gasteiger partial charge is 0.481 e. The molecule has 0 aliphatic carbocycles. The van der Waals surface area contributed by atoms with Gasteiger partial charge in [0.15, 0.2) is 0 Å². The monoisotopic (exact) mass is 261 g/mol. The van der Waals surface area contributed by atoms with E-state index in [1.165, 1.54) is 17.3 Å². The first-order chi connectivity index (χ1) is 9.22. The van der Waals surface area contributed by atoms with E-state index in [0.717, 1.165) is 5.56 Å². The summed E-state index contributed by atoms with van der Waals surface area (Å²) in [6.45, 7) is 2.11. The van der Waals surface area contributed by atoms with Crippen LogP contribution in [0.5, 0.6) is 5.88 Å². The van der Waals surface area contributed by atoms with Gasteiger partial charge in [-0.05, 0) is 13.0 Å². The first-order valence-electron chi connectivity index (χ1n) is 5.82. The second-order valence-corrected chi connectivity index (χ2v) is 3.94. The molecule has 1 amide bonds. The van der Waals surface area contributed by atoms with Crippen molar-refractivity contribution in [1.82, 2.24) is 25.1 Å². The SMILES string of the molecule is COc1ncccc1CNC(=O)[C@@H](C)n1cncn1. The van der Waals surface area contributed by atoms with Gasteiger partial charge in [-0.3, -0.25) is 4.79 Å². The van der Waals surface area contributed by atoms with Gasteiger partial charge in [0.25, 0.3) is 0 Å². The lowest BCUT2D eigenvalue weighted by molar-refractivity contribution is -0.124. The van der Waals surface area contributed by atoms with E-state index in [1.54, 1.807) is 26.3 Å². The summed E-state index contributed by atoms with van der Waals surface area (Å²) < 4.78 is 6.62. The number of hydrogen-bond acceptors (Lipinski definition) is 5. The van der Waals surface area contributed by atoms with Crippen molar-refractivity contribution in [2.24, 2.45) is 0 Å². The third kappa shape index (κ3) is 3.06. The summed E-state index contributed by atoms with van der Waals surface area (Å²) in [7, 11) is 1.55. The lowest BCUT2D eigenvalue weighted by Gasteiger charge is -2.13. The first-order valence-corrected chi connectivity index (χ1v) is 5.82. The number of ether oxygens (including phenoxy) is 1. The molecule has 2 aromatic rings. The van der Waals surface area contributed by atoms with E-state index in [0.29, 0.717) is 12.4 Å². The summed E-state index contributed by atoms with van der Waals surface area (Å²) in [5.41, 5.74) is 0.823. The summed E-state index contributed by atoms with van der Waals surface area (Å²) in [6.07, 6.45) is 4.55. The molecule has 1 N–H and O–H groups in total. The maximum atomic E-state index is 12.0. The van der Waals surface area contributed by atoms with Gasteiger partial charge in [0.05, 0.1) is 7.11 Å². The fourth-order valence-electron chi connectivity index (χ4n) is 1.61. The molecule has 7 heteroatoms. The van der Waals surface area contributed by atoms with Crippen molar-refractivity contribution in [1.29, 1.82) is 0 Å². The fourth-order valence-corrected chi connectivity index (χ4v) is 1.61. The highest BCUT2D eigenvalue weighted by atomic mass is 16.5. The molecule has 0 spiro atoms. The van der Waals surface area contributed by atoms with E-state index in [-0.39, 0.29) is 5.91 Å². The van der Waals surface area contributed by atoms with Crippen molar-refractivity contribution in [2.75, 3.05) is 7.11 Å².